The molecule has 1 aliphatic rings. The zero-order valence-electron chi connectivity index (χ0n) is 12.7. The number of nitrogens with zero attached hydrogens (tertiary/aromatic N) is 1. The van der Waals surface area contributed by atoms with Crippen LogP contribution < -0.4 is 5.32 Å². The average molecular weight is 284 g/mol. The molecule has 1 rings (SSSR count). The first-order valence-corrected chi connectivity index (χ1v) is 7.84. The van der Waals surface area contributed by atoms with Gasteiger partial charge in [0.2, 0.25) is 0 Å². The van der Waals surface area contributed by atoms with Crippen LogP contribution in [0.2, 0.25) is 0 Å². The Kier molecular flexibility index (Phi) is 7.41. The van der Waals surface area contributed by atoms with E-state index in [2.05, 4.69) is 12.2 Å². The van der Waals surface area contributed by atoms with Crippen molar-refractivity contribution in [3.05, 3.63) is 0 Å². The summed E-state index contributed by atoms with van der Waals surface area (Å²) < 4.78 is 0. The second kappa shape index (κ2) is 8.82. The summed E-state index contributed by atoms with van der Waals surface area (Å²) >= 11 is 0. The fraction of sp³-hybridized carbons (Fsp3) is 0.867. The smallest absolute Gasteiger partial charge is 0.317 e. The fourth-order valence-electron chi connectivity index (χ4n) is 2.84. The SMILES string of the molecule is CCCC1CCCN(C(=O)NC(CC)CC(=O)O)CC1. The minimum Gasteiger partial charge on any atom is -0.481 e. The summed E-state index contributed by atoms with van der Waals surface area (Å²) in [6.45, 7) is 5.68. The van der Waals surface area contributed by atoms with Crippen molar-refractivity contribution in [1.82, 2.24) is 10.2 Å². The Morgan fingerprint density at radius 1 is 1.30 bits per heavy atom. The molecule has 1 saturated heterocycles. The molecule has 0 radical (unpaired) electrons. The number of likely N-dealkylation sites (tertiary alicyclic amines) is 1. The van der Waals surface area contributed by atoms with E-state index in [-0.39, 0.29) is 18.5 Å². The van der Waals surface area contributed by atoms with E-state index in [0.29, 0.717) is 6.42 Å². The van der Waals surface area contributed by atoms with E-state index in [1.165, 1.54) is 19.3 Å². The molecule has 2 N–H and O–H groups in total. The lowest BCUT2D eigenvalue weighted by Gasteiger charge is -2.24. The molecular formula is C15H28N2O3. The molecule has 1 heterocycles. The summed E-state index contributed by atoms with van der Waals surface area (Å²) in [5, 5.41) is 11.7. The zero-order chi connectivity index (χ0) is 15.0. The third-order valence-corrected chi connectivity index (χ3v) is 4.07. The number of carboxylic acid groups (broad SMARTS) is 1. The van der Waals surface area contributed by atoms with Crippen LogP contribution in [-0.4, -0.2) is 41.1 Å². The molecule has 5 nitrogen and oxygen atoms in total. The molecule has 2 atom stereocenters. The second-order valence-electron chi connectivity index (χ2n) is 5.73. The van der Waals surface area contributed by atoms with Crippen molar-refractivity contribution in [2.45, 2.75) is 64.8 Å². The molecule has 0 aliphatic carbocycles. The molecule has 5 heteroatoms. The third kappa shape index (κ3) is 5.80. The lowest BCUT2D eigenvalue weighted by Crippen LogP contribution is -2.45. The number of hydrogen-bond acceptors (Lipinski definition) is 2. The minimum absolute atomic E-state index is 0.00542. The Bertz CT molecular complexity index is 320. The number of aliphatic carboxylic acids is 1. The topological polar surface area (TPSA) is 69.6 Å². The van der Waals surface area contributed by atoms with Crippen molar-refractivity contribution in [3.63, 3.8) is 0 Å². The van der Waals surface area contributed by atoms with Gasteiger partial charge in [0.25, 0.3) is 0 Å². The van der Waals surface area contributed by atoms with Crippen LogP contribution in [0.1, 0.15) is 58.8 Å². The average Bonchev–Trinajstić information content (AvgIpc) is 2.63. The summed E-state index contributed by atoms with van der Waals surface area (Å²) in [4.78, 5) is 24.8. The Morgan fingerprint density at radius 2 is 2.05 bits per heavy atom. The molecular weight excluding hydrogens is 256 g/mol. The third-order valence-electron chi connectivity index (χ3n) is 4.07. The van der Waals surface area contributed by atoms with Gasteiger partial charge < -0.3 is 15.3 Å². The van der Waals surface area contributed by atoms with Crippen molar-refractivity contribution in [1.29, 1.82) is 0 Å². The van der Waals surface area contributed by atoms with Gasteiger partial charge in [0.1, 0.15) is 0 Å². The quantitative estimate of drug-likeness (QED) is 0.788. The number of urea groups is 1. The zero-order valence-corrected chi connectivity index (χ0v) is 12.7. The van der Waals surface area contributed by atoms with Crippen LogP contribution in [0.25, 0.3) is 0 Å². The van der Waals surface area contributed by atoms with Gasteiger partial charge in [0.05, 0.1) is 6.42 Å². The number of carbonyl (C=O) groups excluding carboxylic acids is 1. The first-order chi connectivity index (χ1) is 9.56. The summed E-state index contributed by atoms with van der Waals surface area (Å²) in [6.07, 6.45) is 6.40. The van der Waals surface area contributed by atoms with Crippen LogP contribution in [0.3, 0.4) is 0 Å². The Balaban J connectivity index is 2.44. The van der Waals surface area contributed by atoms with Gasteiger partial charge in [0, 0.05) is 19.1 Å². The van der Waals surface area contributed by atoms with Crippen molar-refractivity contribution in [2.24, 2.45) is 5.92 Å². The number of carboxylic acids is 1. The molecule has 0 aromatic heterocycles. The Labute approximate surface area is 121 Å². The summed E-state index contributed by atoms with van der Waals surface area (Å²) in [5.74, 6) is -0.130. The van der Waals surface area contributed by atoms with E-state index in [4.69, 9.17) is 5.11 Å². The molecule has 1 fully saturated rings. The number of amides is 2. The highest BCUT2D eigenvalue weighted by molar-refractivity contribution is 5.76. The molecule has 0 aromatic rings. The number of nitrogens with one attached hydrogen (secondary N) is 1. The standard InChI is InChI=1S/C15H28N2O3/c1-3-6-12-7-5-9-17(10-8-12)15(20)16-13(4-2)11-14(18)19/h12-13H,3-11H2,1-2H3,(H,16,20)(H,18,19). The Hall–Kier alpha value is -1.26. The van der Waals surface area contributed by atoms with Gasteiger partial charge in [-0.2, -0.15) is 0 Å². The van der Waals surface area contributed by atoms with Crippen LogP contribution in [0, 0.1) is 5.92 Å². The highest BCUT2D eigenvalue weighted by Crippen LogP contribution is 2.21. The molecule has 0 bridgehead atoms. The van der Waals surface area contributed by atoms with Crippen molar-refractivity contribution in [3.8, 4) is 0 Å². The van der Waals surface area contributed by atoms with E-state index >= 15 is 0 Å². The van der Waals surface area contributed by atoms with Gasteiger partial charge in [-0.1, -0.05) is 26.7 Å². The van der Waals surface area contributed by atoms with E-state index < -0.39 is 5.97 Å². The number of hydrogen-bond donors (Lipinski definition) is 2. The molecule has 20 heavy (non-hydrogen) atoms. The van der Waals surface area contributed by atoms with Gasteiger partial charge in [-0.3, -0.25) is 4.79 Å². The second-order valence-corrected chi connectivity index (χ2v) is 5.73. The minimum atomic E-state index is -0.865. The highest BCUT2D eigenvalue weighted by atomic mass is 16.4. The van der Waals surface area contributed by atoms with Crippen molar-refractivity contribution in [2.75, 3.05) is 13.1 Å². The normalized spacial score (nSPS) is 21.1. The molecule has 0 spiro atoms. The molecule has 0 saturated carbocycles. The molecule has 2 amide bonds. The summed E-state index contributed by atoms with van der Waals surface area (Å²) in [7, 11) is 0. The van der Waals surface area contributed by atoms with Crippen LogP contribution in [0.5, 0.6) is 0 Å². The number of carbonyl (C=O) groups is 2. The maximum atomic E-state index is 12.2. The van der Waals surface area contributed by atoms with Crippen molar-refractivity contribution < 1.29 is 14.7 Å². The van der Waals surface area contributed by atoms with Crippen LogP contribution in [-0.2, 0) is 4.79 Å². The summed E-state index contributed by atoms with van der Waals surface area (Å²) in [5.41, 5.74) is 0. The number of rotatable bonds is 6. The Morgan fingerprint density at radius 3 is 2.65 bits per heavy atom. The first kappa shape index (κ1) is 16.8. The van der Waals surface area contributed by atoms with Gasteiger partial charge >= 0.3 is 12.0 Å². The van der Waals surface area contributed by atoms with E-state index in [9.17, 15) is 9.59 Å². The van der Waals surface area contributed by atoms with Gasteiger partial charge in [-0.25, -0.2) is 4.79 Å². The molecule has 2 unspecified atom stereocenters. The maximum absolute atomic E-state index is 12.2. The largest absolute Gasteiger partial charge is 0.481 e. The van der Waals surface area contributed by atoms with Crippen LogP contribution in [0.15, 0.2) is 0 Å². The fourth-order valence-corrected chi connectivity index (χ4v) is 2.84. The van der Waals surface area contributed by atoms with Gasteiger partial charge in [-0.15, -0.1) is 0 Å². The van der Waals surface area contributed by atoms with Crippen LogP contribution >= 0.6 is 0 Å². The lowest BCUT2D eigenvalue weighted by atomic mass is 9.96. The predicted molar refractivity (Wildman–Crippen MR) is 78.7 cm³/mol. The molecule has 116 valence electrons. The monoisotopic (exact) mass is 284 g/mol. The highest BCUT2D eigenvalue weighted by Gasteiger charge is 2.22. The van der Waals surface area contributed by atoms with Gasteiger partial charge in [-0.05, 0) is 31.6 Å². The molecule has 1 aliphatic heterocycles. The maximum Gasteiger partial charge on any atom is 0.317 e. The molecule has 0 aromatic carbocycles. The summed E-state index contributed by atoms with van der Waals surface area (Å²) in [6, 6.07) is -0.370. The van der Waals surface area contributed by atoms with Crippen molar-refractivity contribution >= 4 is 12.0 Å². The lowest BCUT2D eigenvalue weighted by molar-refractivity contribution is -0.137. The van der Waals surface area contributed by atoms with Crippen LogP contribution in [0.4, 0.5) is 4.79 Å². The van der Waals surface area contributed by atoms with E-state index in [1.807, 2.05) is 11.8 Å². The van der Waals surface area contributed by atoms with E-state index in [1.54, 1.807) is 0 Å². The predicted octanol–water partition coefficient (Wildman–Crippen LogP) is 2.85. The first-order valence-electron chi connectivity index (χ1n) is 7.84. The van der Waals surface area contributed by atoms with Gasteiger partial charge in [0.15, 0.2) is 0 Å². The van der Waals surface area contributed by atoms with E-state index in [0.717, 1.165) is 31.8 Å².